The van der Waals surface area contributed by atoms with Gasteiger partial charge in [-0.15, -0.1) is 0 Å². The van der Waals surface area contributed by atoms with Crippen molar-refractivity contribution < 1.29 is 14.6 Å². The van der Waals surface area contributed by atoms with E-state index in [0.29, 0.717) is 23.8 Å². The summed E-state index contributed by atoms with van der Waals surface area (Å²) < 4.78 is 5.58. The number of amides is 1. The number of carbonyl (C=O) groups is 1. The summed E-state index contributed by atoms with van der Waals surface area (Å²) in [5, 5.41) is 8.58. The Hall–Kier alpha value is -0.290. The molecule has 1 aliphatic carbocycles. The van der Waals surface area contributed by atoms with Crippen molar-refractivity contribution in [2.45, 2.75) is 23.8 Å². The number of nitrogens with zero attached hydrogens (tertiary/aromatic N) is 1. The maximum atomic E-state index is 10.4. The van der Waals surface area contributed by atoms with E-state index in [9.17, 15) is 4.79 Å². The summed E-state index contributed by atoms with van der Waals surface area (Å²) >= 11 is 3.53. The van der Waals surface area contributed by atoms with Crippen molar-refractivity contribution in [2.75, 3.05) is 19.7 Å². The number of hydrogen-bond acceptors (Lipinski definition) is 2. The molecular weight excluding hydrogens is 250 g/mol. The highest BCUT2D eigenvalue weighted by Gasteiger charge is 2.33. The van der Waals surface area contributed by atoms with E-state index in [0.717, 1.165) is 6.61 Å². The summed E-state index contributed by atoms with van der Waals surface area (Å²) in [7, 11) is 0. The summed E-state index contributed by atoms with van der Waals surface area (Å²) in [5.41, 5.74) is 0. The molecule has 2 rings (SSSR count). The van der Waals surface area contributed by atoms with E-state index in [1.807, 2.05) is 0 Å². The molecule has 1 amide bonds. The van der Waals surface area contributed by atoms with Crippen molar-refractivity contribution in [2.24, 2.45) is 5.92 Å². The number of alkyl halides is 1. The fraction of sp³-hybridized carbons (Fsp3) is 0.889. The molecule has 0 bridgehead atoms. The molecule has 0 spiro atoms. The SMILES string of the molecule is O=C(O)N1CC(OCC2CC(Br)C2)C1. The predicted molar refractivity (Wildman–Crippen MR) is 54.8 cm³/mol. The largest absolute Gasteiger partial charge is 0.465 e. The van der Waals surface area contributed by atoms with Crippen LogP contribution < -0.4 is 0 Å². The monoisotopic (exact) mass is 263 g/mol. The minimum atomic E-state index is -0.839. The van der Waals surface area contributed by atoms with E-state index in [4.69, 9.17) is 9.84 Å². The molecule has 0 atom stereocenters. The van der Waals surface area contributed by atoms with E-state index in [2.05, 4.69) is 15.9 Å². The zero-order valence-corrected chi connectivity index (χ0v) is 9.44. The molecule has 1 aliphatic heterocycles. The smallest absolute Gasteiger partial charge is 0.407 e. The van der Waals surface area contributed by atoms with Crippen molar-refractivity contribution in [3.63, 3.8) is 0 Å². The van der Waals surface area contributed by atoms with Crippen LogP contribution in [-0.2, 0) is 4.74 Å². The Morgan fingerprint density at radius 1 is 1.50 bits per heavy atom. The highest BCUT2D eigenvalue weighted by atomic mass is 79.9. The number of hydrogen-bond donors (Lipinski definition) is 1. The van der Waals surface area contributed by atoms with Gasteiger partial charge in [-0.1, -0.05) is 15.9 Å². The summed E-state index contributed by atoms with van der Waals surface area (Å²) in [6, 6.07) is 0. The Bertz CT molecular complexity index is 224. The zero-order valence-electron chi connectivity index (χ0n) is 7.86. The van der Waals surface area contributed by atoms with Gasteiger partial charge in [-0.2, -0.15) is 0 Å². The van der Waals surface area contributed by atoms with Crippen LogP contribution in [0, 0.1) is 5.92 Å². The summed E-state index contributed by atoms with van der Waals surface area (Å²) in [6.45, 7) is 1.87. The van der Waals surface area contributed by atoms with E-state index < -0.39 is 6.09 Å². The van der Waals surface area contributed by atoms with Crippen molar-refractivity contribution in [3.8, 4) is 0 Å². The van der Waals surface area contributed by atoms with Gasteiger partial charge in [0.2, 0.25) is 0 Å². The van der Waals surface area contributed by atoms with Gasteiger partial charge in [0.05, 0.1) is 25.8 Å². The van der Waals surface area contributed by atoms with Gasteiger partial charge < -0.3 is 14.7 Å². The summed E-state index contributed by atoms with van der Waals surface area (Å²) in [6.07, 6.45) is 1.68. The third-order valence-electron chi connectivity index (χ3n) is 2.86. The van der Waals surface area contributed by atoms with E-state index in [1.54, 1.807) is 0 Å². The second-order valence-corrected chi connectivity index (χ2v) is 5.37. The first-order valence-corrected chi connectivity index (χ1v) is 5.80. The first-order chi connectivity index (χ1) is 6.65. The molecule has 0 aromatic carbocycles. The average Bonchev–Trinajstić information content (AvgIpc) is 1.96. The van der Waals surface area contributed by atoms with Gasteiger partial charge in [0.25, 0.3) is 0 Å². The zero-order chi connectivity index (χ0) is 10.1. The van der Waals surface area contributed by atoms with Crippen molar-refractivity contribution in [3.05, 3.63) is 0 Å². The lowest BCUT2D eigenvalue weighted by Gasteiger charge is -2.39. The fourth-order valence-electron chi connectivity index (χ4n) is 1.76. The first kappa shape index (κ1) is 10.2. The number of rotatable bonds is 3. The Morgan fingerprint density at radius 2 is 2.14 bits per heavy atom. The van der Waals surface area contributed by atoms with E-state index in [1.165, 1.54) is 17.7 Å². The van der Waals surface area contributed by atoms with Gasteiger partial charge >= 0.3 is 6.09 Å². The summed E-state index contributed by atoms with van der Waals surface area (Å²) in [4.78, 5) is 12.5. The minimum Gasteiger partial charge on any atom is -0.465 e. The maximum Gasteiger partial charge on any atom is 0.407 e. The van der Waals surface area contributed by atoms with Gasteiger partial charge in [-0.25, -0.2) is 4.79 Å². The van der Waals surface area contributed by atoms with Crippen molar-refractivity contribution in [1.29, 1.82) is 0 Å². The molecule has 80 valence electrons. The van der Waals surface area contributed by atoms with Crippen LogP contribution in [0.2, 0.25) is 0 Å². The third-order valence-corrected chi connectivity index (χ3v) is 3.61. The van der Waals surface area contributed by atoms with Crippen LogP contribution in [0.5, 0.6) is 0 Å². The lowest BCUT2D eigenvalue weighted by atomic mass is 9.86. The Kier molecular flexibility index (Phi) is 2.97. The number of ether oxygens (including phenoxy) is 1. The van der Waals surface area contributed by atoms with Crippen LogP contribution in [0.3, 0.4) is 0 Å². The quantitative estimate of drug-likeness (QED) is 0.786. The van der Waals surface area contributed by atoms with Crippen molar-refractivity contribution >= 4 is 22.0 Å². The molecular formula is C9H14BrNO3. The average molecular weight is 264 g/mol. The Balaban J connectivity index is 1.54. The van der Waals surface area contributed by atoms with Crippen LogP contribution >= 0.6 is 15.9 Å². The van der Waals surface area contributed by atoms with E-state index in [-0.39, 0.29) is 6.10 Å². The molecule has 1 saturated carbocycles. The second kappa shape index (κ2) is 4.06. The van der Waals surface area contributed by atoms with Crippen LogP contribution in [0.4, 0.5) is 4.79 Å². The molecule has 1 heterocycles. The second-order valence-electron chi connectivity index (χ2n) is 4.08. The molecule has 0 aromatic rings. The van der Waals surface area contributed by atoms with Crippen LogP contribution in [0.25, 0.3) is 0 Å². The van der Waals surface area contributed by atoms with Crippen molar-refractivity contribution in [1.82, 2.24) is 4.90 Å². The lowest BCUT2D eigenvalue weighted by molar-refractivity contribution is -0.0629. The molecule has 1 N–H and O–H groups in total. The lowest BCUT2D eigenvalue weighted by Crippen LogP contribution is -2.54. The third kappa shape index (κ3) is 2.20. The molecule has 0 aromatic heterocycles. The summed E-state index contributed by atoms with van der Waals surface area (Å²) in [5.74, 6) is 0.679. The highest BCUT2D eigenvalue weighted by Crippen LogP contribution is 2.33. The van der Waals surface area contributed by atoms with Crippen LogP contribution in [0.1, 0.15) is 12.8 Å². The minimum absolute atomic E-state index is 0.139. The number of likely N-dealkylation sites (tertiary alicyclic amines) is 1. The Labute approximate surface area is 91.3 Å². The van der Waals surface area contributed by atoms with Gasteiger partial charge in [0, 0.05) is 4.83 Å². The normalized spacial score (nSPS) is 32.2. The predicted octanol–water partition coefficient (Wildman–Crippen LogP) is 1.54. The van der Waals surface area contributed by atoms with Gasteiger partial charge in [0.1, 0.15) is 0 Å². The van der Waals surface area contributed by atoms with Gasteiger partial charge in [-0.05, 0) is 18.8 Å². The standard InChI is InChI=1S/C9H14BrNO3/c10-7-1-6(2-7)5-14-8-3-11(4-8)9(12)13/h6-8H,1-5H2,(H,12,13). The number of carboxylic acid groups (broad SMARTS) is 1. The highest BCUT2D eigenvalue weighted by molar-refractivity contribution is 9.09. The maximum absolute atomic E-state index is 10.4. The molecule has 14 heavy (non-hydrogen) atoms. The fourth-order valence-corrected chi connectivity index (χ4v) is 2.82. The first-order valence-electron chi connectivity index (χ1n) is 4.88. The molecule has 5 heteroatoms. The van der Waals surface area contributed by atoms with Gasteiger partial charge in [0.15, 0.2) is 0 Å². The molecule has 4 nitrogen and oxygen atoms in total. The number of halogens is 1. The molecule has 2 aliphatic rings. The van der Waals surface area contributed by atoms with Crippen LogP contribution in [-0.4, -0.2) is 46.7 Å². The van der Waals surface area contributed by atoms with Gasteiger partial charge in [-0.3, -0.25) is 0 Å². The molecule has 0 unspecified atom stereocenters. The van der Waals surface area contributed by atoms with E-state index >= 15 is 0 Å². The topological polar surface area (TPSA) is 49.8 Å². The molecule has 1 saturated heterocycles. The molecule has 0 radical (unpaired) electrons. The Morgan fingerprint density at radius 3 is 2.64 bits per heavy atom. The van der Waals surface area contributed by atoms with Crippen LogP contribution in [0.15, 0.2) is 0 Å². The molecule has 2 fully saturated rings.